The van der Waals surface area contributed by atoms with Crippen LogP contribution >= 0.6 is 0 Å². The van der Waals surface area contributed by atoms with Crippen molar-refractivity contribution in [1.82, 2.24) is 0 Å². The Balaban J connectivity index is 2.28. The molecule has 2 heteroatoms. The van der Waals surface area contributed by atoms with Crippen molar-refractivity contribution >= 4 is 0 Å². The lowest BCUT2D eigenvalue weighted by atomic mass is 9.76. The Morgan fingerprint density at radius 2 is 1.05 bits per heavy atom. The zero-order valence-corrected chi connectivity index (χ0v) is 14.2. The molecule has 0 amide bonds. The molecule has 0 aliphatic carbocycles. The van der Waals surface area contributed by atoms with Gasteiger partial charge in [-0.3, -0.25) is 0 Å². The molecule has 0 aliphatic rings. The van der Waals surface area contributed by atoms with E-state index in [1.807, 2.05) is 24.3 Å². The first-order valence-electron chi connectivity index (χ1n) is 7.84. The molecular formula is C20H26O2. The molecule has 0 heterocycles. The topological polar surface area (TPSA) is 18.5 Å². The van der Waals surface area contributed by atoms with Gasteiger partial charge < -0.3 is 9.47 Å². The summed E-state index contributed by atoms with van der Waals surface area (Å²) in [5.41, 5.74) is 2.70. The van der Waals surface area contributed by atoms with Crippen molar-refractivity contribution in [2.75, 3.05) is 14.2 Å². The summed E-state index contributed by atoms with van der Waals surface area (Å²) in [6.07, 6.45) is 0. The Morgan fingerprint density at radius 3 is 1.41 bits per heavy atom. The fourth-order valence-corrected chi connectivity index (χ4v) is 3.19. The van der Waals surface area contributed by atoms with Gasteiger partial charge in [-0.15, -0.1) is 0 Å². The fourth-order valence-electron chi connectivity index (χ4n) is 3.19. The van der Waals surface area contributed by atoms with Gasteiger partial charge in [-0.2, -0.15) is 0 Å². The molecule has 0 aromatic heterocycles. The van der Waals surface area contributed by atoms with Crippen LogP contribution in [-0.2, 0) is 0 Å². The minimum Gasteiger partial charge on any atom is -0.497 e. The summed E-state index contributed by atoms with van der Waals surface area (Å²) >= 11 is 0. The molecule has 2 unspecified atom stereocenters. The summed E-state index contributed by atoms with van der Waals surface area (Å²) in [5.74, 6) is 3.29. The van der Waals surface area contributed by atoms with Gasteiger partial charge in [0.15, 0.2) is 0 Å². The lowest BCUT2D eigenvalue weighted by molar-refractivity contribution is 0.410. The van der Waals surface area contributed by atoms with Crippen LogP contribution in [0.2, 0.25) is 0 Å². The lowest BCUT2D eigenvalue weighted by Gasteiger charge is -2.28. The molecule has 0 saturated carbocycles. The van der Waals surface area contributed by atoms with E-state index in [0.717, 1.165) is 11.5 Å². The SMILES string of the molecule is COc1ccc(C(C)C(c2ccc(OC)cc2)C(C)C)cc1. The molecular weight excluding hydrogens is 272 g/mol. The zero-order chi connectivity index (χ0) is 16.1. The highest BCUT2D eigenvalue weighted by Gasteiger charge is 2.24. The van der Waals surface area contributed by atoms with Crippen LogP contribution in [0.5, 0.6) is 11.5 Å². The first kappa shape index (κ1) is 16.4. The van der Waals surface area contributed by atoms with Gasteiger partial charge >= 0.3 is 0 Å². The van der Waals surface area contributed by atoms with E-state index < -0.39 is 0 Å². The monoisotopic (exact) mass is 298 g/mol. The van der Waals surface area contributed by atoms with Crippen molar-refractivity contribution in [2.45, 2.75) is 32.6 Å². The minimum atomic E-state index is 0.444. The van der Waals surface area contributed by atoms with E-state index >= 15 is 0 Å². The third kappa shape index (κ3) is 3.62. The largest absolute Gasteiger partial charge is 0.497 e. The summed E-state index contributed by atoms with van der Waals surface area (Å²) in [6.45, 7) is 6.88. The van der Waals surface area contributed by atoms with Gasteiger partial charge in [-0.25, -0.2) is 0 Å². The summed E-state index contributed by atoms with van der Waals surface area (Å²) in [5, 5.41) is 0. The highest BCUT2D eigenvalue weighted by molar-refractivity contribution is 5.35. The number of rotatable bonds is 6. The van der Waals surface area contributed by atoms with Gasteiger partial charge in [0.25, 0.3) is 0 Å². The van der Waals surface area contributed by atoms with Crippen LogP contribution in [0.15, 0.2) is 48.5 Å². The van der Waals surface area contributed by atoms with Crippen molar-refractivity contribution in [1.29, 1.82) is 0 Å². The third-order valence-electron chi connectivity index (χ3n) is 4.40. The molecule has 0 saturated heterocycles. The number of benzene rings is 2. The van der Waals surface area contributed by atoms with Gasteiger partial charge in [-0.05, 0) is 53.1 Å². The molecule has 2 aromatic rings. The van der Waals surface area contributed by atoms with Gasteiger partial charge in [0, 0.05) is 0 Å². The Hall–Kier alpha value is -1.96. The number of methoxy groups -OCH3 is 2. The smallest absolute Gasteiger partial charge is 0.118 e. The zero-order valence-electron chi connectivity index (χ0n) is 14.2. The van der Waals surface area contributed by atoms with Crippen molar-refractivity contribution < 1.29 is 9.47 Å². The molecule has 2 nitrogen and oxygen atoms in total. The summed E-state index contributed by atoms with van der Waals surface area (Å²) < 4.78 is 10.5. The Bertz CT molecular complexity index is 570. The van der Waals surface area contributed by atoms with Gasteiger partial charge in [0.1, 0.15) is 11.5 Å². The fraction of sp³-hybridized carbons (Fsp3) is 0.400. The molecule has 2 rings (SSSR count). The van der Waals surface area contributed by atoms with E-state index in [-0.39, 0.29) is 0 Å². The second-order valence-electron chi connectivity index (χ2n) is 6.10. The number of hydrogen-bond donors (Lipinski definition) is 0. The molecule has 0 bridgehead atoms. The first-order chi connectivity index (χ1) is 10.6. The highest BCUT2D eigenvalue weighted by Crippen LogP contribution is 2.39. The highest BCUT2D eigenvalue weighted by atomic mass is 16.5. The Labute approximate surface area is 134 Å². The first-order valence-corrected chi connectivity index (χ1v) is 7.84. The molecule has 118 valence electrons. The van der Waals surface area contributed by atoms with Gasteiger partial charge in [-0.1, -0.05) is 45.0 Å². The average Bonchev–Trinajstić information content (AvgIpc) is 2.55. The van der Waals surface area contributed by atoms with Crippen molar-refractivity contribution in [2.24, 2.45) is 5.92 Å². The van der Waals surface area contributed by atoms with Crippen molar-refractivity contribution in [3.8, 4) is 11.5 Å². The Morgan fingerprint density at radius 1 is 0.636 bits per heavy atom. The van der Waals surface area contributed by atoms with Gasteiger partial charge in [0.2, 0.25) is 0 Å². The average molecular weight is 298 g/mol. The molecule has 0 fully saturated rings. The van der Waals surface area contributed by atoms with Crippen LogP contribution in [0.3, 0.4) is 0 Å². The van der Waals surface area contributed by atoms with Crippen molar-refractivity contribution in [3.63, 3.8) is 0 Å². The van der Waals surface area contributed by atoms with Crippen LogP contribution in [0.4, 0.5) is 0 Å². The van der Waals surface area contributed by atoms with Crippen LogP contribution in [0.25, 0.3) is 0 Å². The molecule has 2 atom stereocenters. The van der Waals surface area contributed by atoms with E-state index in [9.17, 15) is 0 Å². The number of hydrogen-bond acceptors (Lipinski definition) is 2. The quantitative estimate of drug-likeness (QED) is 0.725. The van der Waals surface area contributed by atoms with Crippen LogP contribution in [0.1, 0.15) is 43.7 Å². The molecule has 0 radical (unpaired) electrons. The molecule has 0 spiro atoms. The predicted molar refractivity (Wildman–Crippen MR) is 92.0 cm³/mol. The van der Waals surface area contributed by atoms with E-state index in [0.29, 0.717) is 17.8 Å². The van der Waals surface area contributed by atoms with Crippen LogP contribution < -0.4 is 9.47 Å². The van der Waals surface area contributed by atoms with Crippen molar-refractivity contribution in [3.05, 3.63) is 59.7 Å². The predicted octanol–water partition coefficient (Wildman–Crippen LogP) is 5.25. The van der Waals surface area contributed by atoms with Crippen LogP contribution in [0, 0.1) is 5.92 Å². The van der Waals surface area contributed by atoms with Gasteiger partial charge in [0.05, 0.1) is 14.2 Å². The van der Waals surface area contributed by atoms with Crippen LogP contribution in [-0.4, -0.2) is 14.2 Å². The van der Waals surface area contributed by atoms with E-state index in [2.05, 4.69) is 45.0 Å². The summed E-state index contributed by atoms with van der Waals surface area (Å²) in [4.78, 5) is 0. The molecule has 0 aliphatic heterocycles. The Kier molecular flexibility index (Phi) is 5.48. The maximum atomic E-state index is 5.27. The second-order valence-corrected chi connectivity index (χ2v) is 6.10. The van der Waals surface area contributed by atoms with E-state index in [4.69, 9.17) is 9.47 Å². The normalized spacial score (nSPS) is 13.7. The third-order valence-corrected chi connectivity index (χ3v) is 4.40. The summed E-state index contributed by atoms with van der Waals surface area (Å²) in [7, 11) is 3.40. The molecule has 22 heavy (non-hydrogen) atoms. The molecule has 0 N–H and O–H groups in total. The maximum absolute atomic E-state index is 5.27. The maximum Gasteiger partial charge on any atom is 0.118 e. The second kappa shape index (κ2) is 7.35. The molecule has 2 aromatic carbocycles. The minimum absolute atomic E-state index is 0.444. The van der Waals surface area contributed by atoms with E-state index in [1.165, 1.54) is 11.1 Å². The number of ether oxygens (including phenoxy) is 2. The lowest BCUT2D eigenvalue weighted by Crippen LogP contribution is -2.14. The summed E-state index contributed by atoms with van der Waals surface area (Å²) in [6, 6.07) is 16.9. The van der Waals surface area contributed by atoms with E-state index in [1.54, 1.807) is 14.2 Å². The standard InChI is InChI=1S/C20H26O2/c1-14(2)20(17-8-12-19(22-5)13-9-17)15(3)16-6-10-18(21-4)11-7-16/h6-15,20H,1-5H3.